The van der Waals surface area contributed by atoms with E-state index >= 15 is 0 Å². The zero-order valence-electron chi connectivity index (χ0n) is 12.1. The van der Waals surface area contributed by atoms with Gasteiger partial charge in [0.1, 0.15) is 5.82 Å². The average molecular weight is 345 g/mol. The molecule has 20 heavy (non-hydrogen) atoms. The summed E-state index contributed by atoms with van der Waals surface area (Å²) in [5.74, 6) is -0.170. The van der Waals surface area contributed by atoms with E-state index in [1.165, 1.54) is 6.07 Å². The maximum absolute atomic E-state index is 13.7. The van der Waals surface area contributed by atoms with Gasteiger partial charge < -0.3 is 10.1 Å². The van der Waals surface area contributed by atoms with E-state index in [1.807, 2.05) is 12.1 Å². The Morgan fingerprint density at radius 3 is 2.70 bits per heavy atom. The van der Waals surface area contributed by atoms with Crippen LogP contribution in [0.3, 0.4) is 0 Å². The van der Waals surface area contributed by atoms with Gasteiger partial charge in [0.25, 0.3) is 0 Å². The third-order valence-corrected chi connectivity index (χ3v) is 4.25. The van der Waals surface area contributed by atoms with Crippen LogP contribution < -0.4 is 5.32 Å². The molecule has 0 aromatic heterocycles. The minimum atomic E-state index is -0.170. The predicted octanol–water partition coefficient (Wildman–Crippen LogP) is 2.79. The summed E-state index contributed by atoms with van der Waals surface area (Å²) in [6, 6.07) is 5.19. The van der Waals surface area contributed by atoms with E-state index in [2.05, 4.69) is 40.0 Å². The SMILES string of the molecule is CC(C)(CNCc1ccc(Br)cc1F)N1CCOCC1. The van der Waals surface area contributed by atoms with Crippen molar-refractivity contribution < 1.29 is 9.13 Å². The maximum atomic E-state index is 13.7. The Hall–Kier alpha value is -0.490. The fourth-order valence-electron chi connectivity index (χ4n) is 2.45. The Balaban J connectivity index is 1.85. The molecule has 0 amide bonds. The Bertz CT molecular complexity index is 447. The lowest BCUT2D eigenvalue weighted by Crippen LogP contribution is -2.54. The van der Waals surface area contributed by atoms with Gasteiger partial charge in [0.15, 0.2) is 0 Å². The first-order valence-corrected chi connectivity index (χ1v) is 7.76. The summed E-state index contributed by atoms with van der Waals surface area (Å²) in [4.78, 5) is 2.42. The van der Waals surface area contributed by atoms with Crippen LogP contribution in [0.15, 0.2) is 22.7 Å². The van der Waals surface area contributed by atoms with Crippen molar-refractivity contribution in [3.8, 4) is 0 Å². The topological polar surface area (TPSA) is 24.5 Å². The molecule has 0 aliphatic carbocycles. The second-order valence-electron chi connectivity index (χ2n) is 5.75. The van der Waals surface area contributed by atoms with Crippen LogP contribution in [0.2, 0.25) is 0 Å². The van der Waals surface area contributed by atoms with Crippen LogP contribution in [-0.2, 0) is 11.3 Å². The van der Waals surface area contributed by atoms with Gasteiger partial charge in [-0.15, -0.1) is 0 Å². The van der Waals surface area contributed by atoms with Gasteiger partial charge >= 0.3 is 0 Å². The van der Waals surface area contributed by atoms with Gasteiger partial charge in [0.05, 0.1) is 13.2 Å². The zero-order valence-corrected chi connectivity index (χ0v) is 13.7. The van der Waals surface area contributed by atoms with Crippen LogP contribution in [0, 0.1) is 5.82 Å². The van der Waals surface area contributed by atoms with E-state index < -0.39 is 0 Å². The monoisotopic (exact) mass is 344 g/mol. The minimum absolute atomic E-state index is 0.0512. The molecule has 0 saturated carbocycles. The quantitative estimate of drug-likeness (QED) is 0.888. The molecule has 0 atom stereocenters. The number of rotatable bonds is 5. The zero-order chi connectivity index (χ0) is 14.6. The molecule has 3 nitrogen and oxygen atoms in total. The van der Waals surface area contributed by atoms with Gasteiger partial charge in [-0.05, 0) is 26.0 Å². The molecular weight excluding hydrogens is 323 g/mol. The van der Waals surface area contributed by atoms with Crippen LogP contribution in [0.25, 0.3) is 0 Å². The third kappa shape index (κ3) is 4.25. The second kappa shape index (κ2) is 6.98. The molecular formula is C15H22BrFN2O. The summed E-state index contributed by atoms with van der Waals surface area (Å²) in [5, 5.41) is 3.36. The molecule has 0 spiro atoms. The molecule has 112 valence electrons. The fourth-order valence-corrected chi connectivity index (χ4v) is 2.78. The third-order valence-electron chi connectivity index (χ3n) is 3.76. The Kier molecular flexibility index (Phi) is 5.55. The smallest absolute Gasteiger partial charge is 0.128 e. The normalized spacial score (nSPS) is 17.4. The second-order valence-corrected chi connectivity index (χ2v) is 6.67. The Labute approximate surface area is 128 Å². The summed E-state index contributed by atoms with van der Waals surface area (Å²) in [5.41, 5.74) is 0.751. The molecule has 1 heterocycles. The summed E-state index contributed by atoms with van der Waals surface area (Å²) >= 11 is 3.27. The number of ether oxygens (including phenoxy) is 1. The summed E-state index contributed by atoms with van der Waals surface area (Å²) < 4.78 is 19.9. The lowest BCUT2D eigenvalue weighted by atomic mass is 10.0. The average Bonchev–Trinajstić information content (AvgIpc) is 2.42. The molecule has 2 rings (SSSR count). The van der Waals surface area contributed by atoms with Crippen molar-refractivity contribution in [3.63, 3.8) is 0 Å². The van der Waals surface area contributed by atoms with Crippen molar-refractivity contribution in [2.45, 2.75) is 25.9 Å². The fraction of sp³-hybridized carbons (Fsp3) is 0.600. The summed E-state index contributed by atoms with van der Waals surface area (Å²) in [6.45, 7) is 9.31. The van der Waals surface area contributed by atoms with E-state index in [-0.39, 0.29) is 11.4 Å². The summed E-state index contributed by atoms with van der Waals surface area (Å²) in [7, 11) is 0. The highest BCUT2D eigenvalue weighted by Gasteiger charge is 2.27. The molecule has 1 aliphatic heterocycles. The number of benzene rings is 1. The predicted molar refractivity (Wildman–Crippen MR) is 82.3 cm³/mol. The van der Waals surface area contributed by atoms with E-state index in [1.54, 1.807) is 0 Å². The molecule has 5 heteroatoms. The van der Waals surface area contributed by atoms with Crippen LogP contribution >= 0.6 is 15.9 Å². The van der Waals surface area contributed by atoms with Crippen molar-refractivity contribution in [2.24, 2.45) is 0 Å². The molecule has 1 aromatic carbocycles. The van der Waals surface area contributed by atoms with Gasteiger partial charge in [0.2, 0.25) is 0 Å². The Morgan fingerprint density at radius 1 is 1.35 bits per heavy atom. The Morgan fingerprint density at radius 2 is 2.05 bits per heavy atom. The number of hydrogen-bond acceptors (Lipinski definition) is 3. The molecule has 1 aromatic rings. The molecule has 1 fully saturated rings. The first kappa shape index (κ1) is 15.9. The lowest BCUT2D eigenvalue weighted by molar-refractivity contribution is -0.00968. The van der Waals surface area contributed by atoms with Crippen molar-refractivity contribution >= 4 is 15.9 Å². The number of nitrogens with one attached hydrogen (secondary N) is 1. The number of morpholine rings is 1. The van der Waals surface area contributed by atoms with Crippen molar-refractivity contribution in [1.82, 2.24) is 10.2 Å². The first-order chi connectivity index (χ1) is 9.49. The van der Waals surface area contributed by atoms with E-state index in [4.69, 9.17) is 4.74 Å². The van der Waals surface area contributed by atoms with Gasteiger partial charge in [0, 0.05) is 41.8 Å². The van der Waals surface area contributed by atoms with E-state index in [0.29, 0.717) is 12.1 Å². The van der Waals surface area contributed by atoms with Crippen LogP contribution in [0.4, 0.5) is 4.39 Å². The van der Waals surface area contributed by atoms with E-state index in [0.717, 1.165) is 37.3 Å². The standard InChI is InChI=1S/C15H22BrFN2O/c1-15(2,19-5-7-20-8-6-19)11-18-10-12-3-4-13(16)9-14(12)17/h3-4,9,18H,5-8,10-11H2,1-2H3. The maximum Gasteiger partial charge on any atom is 0.128 e. The summed E-state index contributed by atoms with van der Waals surface area (Å²) in [6.07, 6.45) is 0. The van der Waals surface area contributed by atoms with Gasteiger partial charge in [-0.25, -0.2) is 4.39 Å². The molecule has 1 saturated heterocycles. The molecule has 0 bridgehead atoms. The highest BCUT2D eigenvalue weighted by Crippen LogP contribution is 2.17. The largest absolute Gasteiger partial charge is 0.379 e. The van der Waals surface area contributed by atoms with Gasteiger partial charge in [-0.1, -0.05) is 22.0 Å². The van der Waals surface area contributed by atoms with Gasteiger partial charge in [-0.2, -0.15) is 0 Å². The van der Waals surface area contributed by atoms with Crippen LogP contribution in [0.1, 0.15) is 19.4 Å². The van der Waals surface area contributed by atoms with Crippen LogP contribution in [-0.4, -0.2) is 43.3 Å². The molecule has 1 N–H and O–H groups in total. The van der Waals surface area contributed by atoms with Crippen molar-refractivity contribution in [1.29, 1.82) is 0 Å². The van der Waals surface area contributed by atoms with Crippen molar-refractivity contribution in [2.75, 3.05) is 32.8 Å². The van der Waals surface area contributed by atoms with Gasteiger partial charge in [-0.3, -0.25) is 4.90 Å². The number of halogens is 2. The molecule has 1 aliphatic rings. The first-order valence-electron chi connectivity index (χ1n) is 6.96. The lowest BCUT2D eigenvalue weighted by Gasteiger charge is -2.41. The number of hydrogen-bond donors (Lipinski definition) is 1. The number of nitrogens with zero attached hydrogens (tertiary/aromatic N) is 1. The molecule has 0 unspecified atom stereocenters. The highest BCUT2D eigenvalue weighted by molar-refractivity contribution is 9.10. The minimum Gasteiger partial charge on any atom is -0.379 e. The molecule has 0 radical (unpaired) electrons. The van der Waals surface area contributed by atoms with Crippen molar-refractivity contribution in [3.05, 3.63) is 34.1 Å². The van der Waals surface area contributed by atoms with Crippen LogP contribution in [0.5, 0.6) is 0 Å². The van der Waals surface area contributed by atoms with E-state index in [9.17, 15) is 4.39 Å². The highest BCUT2D eigenvalue weighted by atomic mass is 79.9.